The van der Waals surface area contributed by atoms with Gasteiger partial charge in [0.15, 0.2) is 0 Å². The molecular weight excluding hydrogens is 217 g/mol. The van der Waals surface area contributed by atoms with Crippen LogP contribution in [0.2, 0.25) is 5.02 Å². The minimum atomic E-state index is -0.382. The SMILES string of the molecule is NCC1(Cc2ccc(F)c(Cl)c2)COC1. The largest absolute Gasteiger partial charge is 0.380 e. The minimum Gasteiger partial charge on any atom is -0.380 e. The maximum absolute atomic E-state index is 12.9. The monoisotopic (exact) mass is 229 g/mol. The molecule has 2 rings (SSSR count). The van der Waals surface area contributed by atoms with Crippen LogP contribution in [-0.4, -0.2) is 19.8 Å². The lowest BCUT2D eigenvalue weighted by Gasteiger charge is -2.40. The average Bonchev–Trinajstić information content (AvgIpc) is 2.17. The van der Waals surface area contributed by atoms with Crippen molar-refractivity contribution in [2.45, 2.75) is 6.42 Å². The normalized spacial score (nSPS) is 18.6. The number of rotatable bonds is 3. The topological polar surface area (TPSA) is 35.2 Å². The van der Waals surface area contributed by atoms with Gasteiger partial charge in [0, 0.05) is 12.0 Å². The van der Waals surface area contributed by atoms with Gasteiger partial charge in [-0.1, -0.05) is 17.7 Å². The predicted octanol–water partition coefficient (Wildman–Crippen LogP) is 2.00. The first-order valence-corrected chi connectivity index (χ1v) is 5.25. The molecule has 1 aromatic carbocycles. The predicted molar refractivity (Wildman–Crippen MR) is 57.4 cm³/mol. The Morgan fingerprint density at radius 1 is 1.47 bits per heavy atom. The molecule has 15 heavy (non-hydrogen) atoms. The van der Waals surface area contributed by atoms with Gasteiger partial charge in [0.1, 0.15) is 5.82 Å². The number of halogens is 2. The van der Waals surface area contributed by atoms with E-state index < -0.39 is 0 Å². The average molecular weight is 230 g/mol. The number of benzene rings is 1. The summed E-state index contributed by atoms with van der Waals surface area (Å²) in [4.78, 5) is 0. The third-order valence-corrected chi connectivity index (χ3v) is 3.10. The lowest BCUT2D eigenvalue weighted by molar-refractivity contribution is -0.106. The van der Waals surface area contributed by atoms with Crippen LogP contribution in [-0.2, 0) is 11.2 Å². The Morgan fingerprint density at radius 3 is 2.67 bits per heavy atom. The molecule has 1 saturated heterocycles. The summed E-state index contributed by atoms with van der Waals surface area (Å²) in [6.07, 6.45) is 0.795. The van der Waals surface area contributed by atoms with Crippen LogP contribution < -0.4 is 5.73 Å². The molecule has 0 atom stereocenters. The van der Waals surface area contributed by atoms with Crippen LogP contribution in [0.5, 0.6) is 0 Å². The van der Waals surface area contributed by atoms with E-state index in [1.807, 2.05) is 0 Å². The van der Waals surface area contributed by atoms with Crippen LogP contribution in [0, 0.1) is 11.2 Å². The van der Waals surface area contributed by atoms with Crippen molar-refractivity contribution in [2.75, 3.05) is 19.8 Å². The highest BCUT2D eigenvalue weighted by molar-refractivity contribution is 6.30. The third-order valence-electron chi connectivity index (χ3n) is 2.81. The summed E-state index contributed by atoms with van der Waals surface area (Å²) >= 11 is 5.71. The lowest BCUT2D eigenvalue weighted by atomic mass is 9.80. The Bertz CT molecular complexity index is 360. The first-order chi connectivity index (χ1) is 7.15. The van der Waals surface area contributed by atoms with E-state index in [0.717, 1.165) is 12.0 Å². The fourth-order valence-corrected chi connectivity index (χ4v) is 1.97. The van der Waals surface area contributed by atoms with Gasteiger partial charge in [-0.3, -0.25) is 0 Å². The smallest absolute Gasteiger partial charge is 0.141 e. The molecule has 0 aromatic heterocycles. The van der Waals surface area contributed by atoms with Gasteiger partial charge in [-0.2, -0.15) is 0 Å². The van der Waals surface area contributed by atoms with Gasteiger partial charge in [0.2, 0.25) is 0 Å². The molecule has 1 fully saturated rings. The fourth-order valence-electron chi connectivity index (χ4n) is 1.77. The van der Waals surface area contributed by atoms with Crippen molar-refractivity contribution in [3.63, 3.8) is 0 Å². The second-order valence-electron chi connectivity index (χ2n) is 4.12. The van der Waals surface area contributed by atoms with Crippen LogP contribution in [0.1, 0.15) is 5.56 Å². The van der Waals surface area contributed by atoms with Gasteiger partial charge in [-0.25, -0.2) is 4.39 Å². The summed E-state index contributed by atoms with van der Waals surface area (Å²) in [7, 11) is 0. The molecule has 0 amide bonds. The molecule has 0 bridgehead atoms. The summed E-state index contributed by atoms with van der Waals surface area (Å²) in [5.41, 5.74) is 6.74. The molecule has 4 heteroatoms. The van der Waals surface area contributed by atoms with Crippen molar-refractivity contribution in [3.05, 3.63) is 34.6 Å². The quantitative estimate of drug-likeness (QED) is 0.861. The molecule has 1 heterocycles. The number of ether oxygens (including phenoxy) is 1. The minimum absolute atomic E-state index is 0.0289. The highest BCUT2D eigenvalue weighted by Crippen LogP contribution is 2.31. The zero-order valence-corrected chi connectivity index (χ0v) is 9.06. The third kappa shape index (κ3) is 2.14. The van der Waals surface area contributed by atoms with Crippen LogP contribution in [0.3, 0.4) is 0 Å². The molecular formula is C11H13ClFNO. The standard InChI is InChI=1S/C11H13ClFNO/c12-9-3-8(1-2-10(9)13)4-11(5-14)6-15-7-11/h1-3H,4-7,14H2. The maximum Gasteiger partial charge on any atom is 0.141 e. The van der Waals surface area contributed by atoms with E-state index in [1.165, 1.54) is 6.07 Å². The Balaban J connectivity index is 2.13. The van der Waals surface area contributed by atoms with Crippen molar-refractivity contribution in [1.82, 2.24) is 0 Å². The Labute approximate surface area is 93.2 Å². The van der Waals surface area contributed by atoms with Crippen molar-refractivity contribution < 1.29 is 9.13 Å². The van der Waals surface area contributed by atoms with Crippen molar-refractivity contribution in [2.24, 2.45) is 11.1 Å². The first kappa shape index (κ1) is 10.9. The molecule has 0 spiro atoms. The van der Waals surface area contributed by atoms with Gasteiger partial charge in [-0.05, 0) is 24.1 Å². The Hall–Kier alpha value is -0.640. The molecule has 0 saturated carbocycles. The Morgan fingerprint density at radius 2 is 2.20 bits per heavy atom. The molecule has 0 aliphatic carbocycles. The summed E-state index contributed by atoms with van der Waals surface area (Å²) < 4.78 is 18.1. The zero-order valence-electron chi connectivity index (χ0n) is 8.30. The number of hydrogen-bond acceptors (Lipinski definition) is 2. The molecule has 2 N–H and O–H groups in total. The highest BCUT2D eigenvalue weighted by atomic mass is 35.5. The number of hydrogen-bond donors (Lipinski definition) is 1. The molecule has 1 aromatic rings. The van der Waals surface area contributed by atoms with E-state index in [2.05, 4.69) is 0 Å². The summed E-state index contributed by atoms with van der Waals surface area (Å²) in [5, 5.41) is 0.167. The fraction of sp³-hybridized carbons (Fsp3) is 0.455. The summed E-state index contributed by atoms with van der Waals surface area (Å²) in [6.45, 7) is 1.94. The molecule has 0 unspecified atom stereocenters. The number of nitrogens with two attached hydrogens (primary N) is 1. The van der Waals surface area contributed by atoms with Gasteiger partial charge >= 0.3 is 0 Å². The van der Waals surface area contributed by atoms with E-state index in [0.29, 0.717) is 19.8 Å². The highest BCUT2D eigenvalue weighted by Gasteiger charge is 2.37. The lowest BCUT2D eigenvalue weighted by Crippen LogP contribution is -2.49. The molecule has 82 valence electrons. The first-order valence-electron chi connectivity index (χ1n) is 4.87. The van der Waals surface area contributed by atoms with Gasteiger partial charge in [-0.15, -0.1) is 0 Å². The molecule has 2 nitrogen and oxygen atoms in total. The second kappa shape index (κ2) is 4.08. The Kier molecular flexibility index (Phi) is 2.96. The van der Waals surface area contributed by atoms with Gasteiger partial charge in [0.25, 0.3) is 0 Å². The van der Waals surface area contributed by atoms with Crippen LogP contribution in [0.4, 0.5) is 4.39 Å². The molecule has 1 aliphatic heterocycles. The van der Waals surface area contributed by atoms with E-state index in [1.54, 1.807) is 12.1 Å². The summed E-state index contributed by atoms with van der Waals surface area (Å²) in [6, 6.07) is 4.80. The van der Waals surface area contributed by atoms with Crippen LogP contribution in [0.25, 0.3) is 0 Å². The zero-order chi connectivity index (χ0) is 10.9. The molecule has 1 aliphatic rings. The van der Waals surface area contributed by atoms with E-state index in [-0.39, 0.29) is 16.3 Å². The van der Waals surface area contributed by atoms with Crippen LogP contribution in [0.15, 0.2) is 18.2 Å². The van der Waals surface area contributed by atoms with Crippen molar-refractivity contribution in [3.8, 4) is 0 Å². The van der Waals surface area contributed by atoms with E-state index in [4.69, 9.17) is 22.1 Å². The van der Waals surface area contributed by atoms with E-state index >= 15 is 0 Å². The van der Waals surface area contributed by atoms with Crippen molar-refractivity contribution >= 4 is 11.6 Å². The molecule has 0 radical (unpaired) electrons. The van der Waals surface area contributed by atoms with E-state index in [9.17, 15) is 4.39 Å². The van der Waals surface area contributed by atoms with Gasteiger partial charge < -0.3 is 10.5 Å². The van der Waals surface area contributed by atoms with Crippen LogP contribution >= 0.6 is 11.6 Å². The second-order valence-corrected chi connectivity index (χ2v) is 4.53. The van der Waals surface area contributed by atoms with Crippen molar-refractivity contribution in [1.29, 1.82) is 0 Å². The summed E-state index contributed by atoms with van der Waals surface area (Å²) in [5.74, 6) is -0.382. The van der Waals surface area contributed by atoms with Gasteiger partial charge in [0.05, 0.1) is 18.2 Å². The maximum atomic E-state index is 12.9.